The van der Waals surface area contributed by atoms with Gasteiger partial charge in [-0.15, -0.1) is 0 Å². The van der Waals surface area contributed by atoms with Gasteiger partial charge in [-0.25, -0.2) is 4.79 Å². The number of methoxy groups -OCH3 is 1. The lowest BCUT2D eigenvalue weighted by Gasteiger charge is -2.31. The molecule has 4 rings (SSSR count). The fraction of sp³-hybridized carbons (Fsp3) is 0.379. The Morgan fingerprint density at radius 1 is 1.17 bits per heavy atom. The van der Waals surface area contributed by atoms with Crippen molar-refractivity contribution in [1.82, 2.24) is 10.2 Å². The molecular formula is C29H34N2O5. The van der Waals surface area contributed by atoms with Crippen molar-refractivity contribution in [3.8, 4) is 16.9 Å². The maximum Gasteiger partial charge on any atom is 0.409 e. The summed E-state index contributed by atoms with van der Waals surface area (Å²) in [6, 6.07) is 10.4. The van der Waals surface area contributed by atoms with Crippen molar-refractivity contribution in [3.63, 3.8) is 0 Å². The molecule has 3 aromatic rings. The Bertz CT molecular complexity index is 1280. The van der Waals surface area contributed by atoms with Gasteiger partial charge in [0.1, 0.15) is 11.3 Å². The van der Waals surface area contributed by atoms with Gasteiger partial charge in [0.05, 0.1) is 20.0 Å². The molecule has 2 aromatic carbocycles. The SMILES string of the molecule is CCOC(=O)N1CCC(NC(=O)/C=C(\C)c2cc3c(-c4ccc(C)cc4)coc3c(C)c2OC)CC1. The summed E-state index contributed by atoms with van der Waals surface area (Å²) in [6.45, 7) is 9.24. The van der Waals surface area contributed by atoms with Crippen molar-refractivity contribution >= 4 is 28.5 Å². The van der Waals surface area contributed by atoms with Crippen LogP contribution in [0.25, 0.3) is 27.7 Å². The Hall–Kier alpha value is -3.74. The summed E-state index contributed by atoms with van der Waals surface area (Å²) < 4.78 is 16.8. The van der Waals surface area contributed by atoms with Crippen LogP contribution in [0.1, 0.15) is 43.4 Å². The number of fused-ring (bicyclic) bond motifs is 1. The highest BCUT2D eigenvalue weighted by Gasteiger charge is 2.24. The topological polar surface area (TPSA) is 81.0 Å². The van der Waals surface area contributed by atoms with Crippen LogP contribution >= 0.6 is 0 Å². The normalized spacial score (nSPS) is 14.7. The van der Waals surface area contributed by atoms with Crippen molar-refractivity contribution in [2.75, 3.05) is 26.8 Å². The average molecular weight is 491 g/mol. The number of hydrogen-bond donors (Lipinski definition) is 1. The van der Waals surface area contributed by atoms with Crippen molar-refractivity contribution < 1.29 is 23.5 Å². The first-order chi connectivity index (χ1) is 17.3. The molecule has 1 aliphatic rings. The van der Waals surface area contributed by atoms with E-state index in [0.717, 1.165) is 38.8 Å². The molecule has 7 nitrogen and oxygen atoms in total. The number of hydrogen-bond acceptors (Lipinski definition) is 5. The number of nitrogens with zero attached hydrogens (tertiary/aromatic N) is 1. The van der Waals surface area contributed by atoms with E-state index in [1.807, 2.05) is 19.9 Å². The van der Waals surface area contributed by atoms with E-state index in [1.54, 1.807) is 31.3 Å². The molecule has 7 heteroatoms. The molecule has 0 aliphatic carbocycles. The van der Waals surface area contributed by atoms with Crippen molar-refractivity contribution in [3.05, 3.63) is 59.4 Å². The highest BCUT2D eigenvalue weighted by atomic mass is 16.6. The zero-order chi connectivity index (χ0) is 25.8. The van der Waals surface area contributed by atoms with Gasteiger partial charge in [-0.1, -0.05) is 29.8 Å². The van der Waals surface area contributed by atoms with Crippen LogP contribution in [0.5, 0.6) is 5.75 Å². The molecule has 1 aromatic heterocycles. The second-order valence-electron chi connectivity index (χ2n) is 9.27. The molecule has 0 spiro atoms. The number of benzene rings is 2. The minimum Gasteiger partial charge on any atom is -0.496 e. The summed E-state index contributed by atoms with van der Waals surface area (Å²) in [5.41, 5.74) is 6.59. The molecule has 190 valence electrons. The number of likely N-dealkylation sites (tertiary alicyclic amines) is 1. The minimum atomic E-state index is -0.292. The van der Waals surface area contributed by atoms with Gasteiger partial charge in [-0.3, -0.25) is 4.79 Å². The molecule has 2 heterocycles. The molecule has 1 fully saturated rings. The first-order valence-electron chi connectivity index (χ1n) is 12.4. The monoisotopic (exact) mass is 490 g/mol. The number of piperidine rings is 1. The van der Waals surface area contributed by atoms with Crippen LogP contribution in [-0.4, -0.2) is 49.7 Å². The largest absolute Gasteiger partial charge is 0.496 e. The third-order valence-corrected chi connectivity index (χ3v) is 6.75. The molecular weight excluding hydrogens is 456 g/mol. The fourth-order valence-electron chi connectivity index (χ4n) is 4.77. The lowest BCUT2D eigenvalue weighted by Crippen LogP contribution is -2.46. The maximum atomic E-state index is 12.9. The molecule has 0 saturated carbocycles. The number of carbonyl (C=O) groups is 2. The van der Waals surface area contributed by atoms with Gasteiger partial charge in [0.15, 0.2) is 0 Å². The molecule has 1 N–H and O–H groups in total. The molecule has 36 heavy (non-hydrogen) atoms. The van der Waals surface area contributed by atoms with E-state index in [4.69, 9.17) is 13.9 Å². The fourth-order valence-corrected chi connectivity index (χ4v) is 4.77. The highest BCUT2D eigenvalue weighted by Crippen LogP contribution is 2.40. The quantitative estimate of drug-likeness (QED) is 0.438. The standard InChI is InChI=1S/C29H34N2O5/c1-6-35-29(33)31-13-11-22(12-14-31)30-26(32)15-19(3)23-16-24-25(21-9-7-18(2)8-10-21)17-36-28(24)20(4)27(23)34-5/h7-10,15-17,22H,6,11-14H2,1-5H3,(H,30,32)/b19-15+. The maximum absolute atomic E-state index is 12.9. The van der Waals surface area contributed by atoms with Crippen molar-refractivity contribution in [1.29, 1.82) is 0 Å². The number of ether oxygens (including phenoxy) is 2. The highest BCUT2D eigenvalue weighted by molar-refractivity contribution is 6.01. The third-order valence-electron chi connectivity index (χ3n) is 6.75. The van der Waals surface area contributed by atoms with Crippen LogP contribution in [0.2, 0.25) is 0 Å². The smallest absolute Gasteiger partial charge is 0.409 e. The number of aryl methyl sites for hydroxylation is 2. The molecule has 2 amide bonds. The Balaban J connectivity index is 1.56. The lowest BCUT2D eigenvalue weighted by atomic mass is 9.96. The number of rotatable bonds is 6. The van der Waals surface area contributed by atoms with Crippen LogP contribution in [0.4, 0.5) is 4.79 Å². The van der Waals surface area contributed by atoms with Crippen molar-refractivity contribution in [2.24, 2.45) is 0 Å². The van der Waals surface area contributed by atoms with E-state index in [1.165, 1.54) is 5.56 Å². The third kappa shape index (κ3) is 5.25. The number of nitrogens with one attached hydrogen (secondary N) is 1. The molecule has 0 unspecified atom stereocenters. The first-order valence-corrected chi connectivity index (χ1v) is 12.4. The predicted octanol–water partition coefficient (Wildman–Crippen LogP) is 5.87. The molecule has 0 atom stereocenters. The van der Waals surface area contributed by atoms with E-state index in [0.29, 0.717) is 38.3 Å². The molecule has 1 saturated heterocycles. The van der Waals surface area contributed by atoms with E-state index in [-0.39, 0.29) is 18.0 Å². The summed E-state index contributed by atoms with van der Waals surface area (Å²) >= 11 is 0. The molecule has 1 aliphatic heterocycles. The van der Waals surface area contributed by atoms with Gasteiger partial charge in [0, 0.05) is 47.3 Å². The number of carbonyl (C=O) groups excluding carboxylic acids is 2. The van der Waals surface area contributed by atoms with Gasteiger partial charge < -0.3 is 24.1 Å². The van der Waals surface area contributed by atoms with Crippen LogP contribution in [0.3, 0.4) is 0 Å². The Morgan fingerprint density at radius 3 is 2.50 bits per heavy atom. The minimum absolute atomic E-state index is 0.0142. The molecule has 0 bridgehead atoms. The molecule has 0 radical (unpaired) electrons. The second kappa shape index (κ2) is 10.9. The van der Waals surface area contributed by atoms with E-state index in [2.05, 4.69) is 36.5 Å². The summed E-state index contributed by atoms with van der Waals surface area (Å²) in [7, 11) is 1.63. The number of allylic oxidation sites excluding steroid dienone is 1. The van der Waals surface area contributed by atoms with Crippen molar-refractivity contribution in [2.45, 2.75) is 46.6 Å². The summed E-state index contributed by atoms with van der Waals surface area (Å²) in [6.07, 6.45) is 4.49. The zero-order valence-electron chi connectivity index (χ0n) is 21.6. The van der Waals surface area contributed by atoms with Gasteiger partial charge in [0.2, 0.25) is 5.91 Å². The van der Waals surface area contributed by atoms with Gasteiger partial charge >= 0.3 is 6.09 Å². The lowest BCUT2D eigenvalue weighted by molar-refractivity contribution is -0.117. The van der Waals surface area contributed by atoms with Crippen LogP contribution in [0, 0.1) is 13.8 Å². The predicted molar refractivity (Wildman–Crippen MR) is 141 cm³/mol. The summed E-state index contributed by atoms with van der Waals surface area (Å²) in [5.74, 6) is 0.532. The first kappa shape index (κ1) is 25.4. The van der Waals surface area contributed by atoms with E-state index < -0.39 is 0 Å². The Kier molecular flexibility index (Phi) is 7.67. The average Bonchev–Trinajstić information content (AvgIpc) is 3.29. The number of furan rings is 1. The summed E-state index contributed by atoms with van der Waals surface area (Å²) in [4.78, 5) is 26.5. The zero-order valence-corrected chi connectivity index (χ0v) is 21.6. The van der Waals surface area contributed by atoms with E-state index in [9.17, 15) is 9.59 Å². The van der Waals surface area contributed by atoms with Gasteiger partial charge in [-0.2, -0.15) is 0 Å². The van der Waals surface area contributed by atoms with Gasteiger partial charge in [-0.05, 0) is 57.7 Å². The van der Waals surface area contributed by atoms with Crippen LogP contribution in [-0.2, 0) is 9.53 Å². The second-order valence-corrected chi connectivity index (χ2v) is 9.27. The Morgan fingerprint density at radius 2 is 1.86 bits per heavy atom. The van der Waals surface area contributed by atoms with E-state index >= 15 is 0 Å². The van der Waals surface area contributed by atoms with Crippen LogP contribution < -0.4 is 10.1 Å². The summed E-state index contributed by atoms with van der Waals surface area (Å²) in [5, 5.41) is 4.06. The van der Waals surface area contributed by atoms with Crippen LogP contribution in [0.15, 0.2) is 47.1 Å². The Labute approximate surface area is 212 Å². The number of amides is 2. The van der Waals surface area contributed by atoms with Gasteiger partial charge in [0.25, 0.3) is 0 Å².